The number of ether oxygens (including phenoxy) is 2. The van der Waals surface area contributed by atoms with Crippen LogP contribution in [-0.4, -0.2) is 43.9 Å². The van der Waals surface area contributed by atoms with Gasteiger partial charge in [0.15, 0.2) is 0 Å². The molecular formula is C26H35N3O2. The zero-order chi connectivity index (χ0) is 21.0. The third kappa shape index (κ3) is 4.80. The molecule has 0 saturated carbocycles. The zero-order valence-corrected chi connectivity index (χ0v) is 18.4. The first-order valence-electron chi connectivity index (χ1n) is 12.0. The average molecular weight is 422 g/mol. The van der Waals surface area contributed by atoms with Crippen LogP contribution in [0, 0.1) is 0 Å². The predicted octanol–water partition coefficient (Wildman–Crippen LogP) is 4.19. The Balaban J connectivity index is 0.000000138. The van der Waals surface area contributed by atoms with Crippen molar-refractivity contribution in [1.29, 1.82) is 0 Å². The molecule has 4 aliphatic rings. The van der Waals surface area contributed by atoms with Crippen LogP contribution in [0.2, 0.25) is 0 Å². The molecule has 0 amide bonds. The summed E-state index contributed by atoms with van der Waals surface area (Å²) in [7, 11) is 0. The van der Waals surface area contributed by atoms with Crippen molar-refractivity contribution < 1.29 is 9.47 Å². The molecule has 0 radical (unpaired) electrons. The number of hydrogen-bond donors (Lipinski definition) is 3. The van der Waals surface area contributed by atoms with Gasteiger partial charge in [0.25, 0.3) is 0 Å². The first-order valence-corrected chi connectivity index (χ1v) is 12.0. The molecule has 5 nitrogen and oxygen atoms in total. The molecule has 31 heavy (non-hydrogen) atoms. The molecule has 0 aliphatic carbocycles. The van der Waals surface area contributed by atoms with Crippen molar-refractivity contribution in [2.45, 2.75) is 69.1 Å². The second kappa shape index (κ2) is 9.70. The summed E-state index contributed by atoms with van der Waals surface area (Å²) >= 11 is 0. The molecular weight excluding hydrogens is 386 g/mol. The van der Waals surface area contributed by atoms with Gasteiger partial charge in [0.1, 0.15) is 0 Å². The van der Waals surface area contributed by atoms with Crippen LogP contribution in [0.1, 0.15) is 55.9 Å². The number of rotatable bonds is 6. The molecule has 6 rings (SSSR count). The van der Waals surface area contributed by atoms with Gasteiger partial charge in [-0.15, -0.1) is 0 Å². The Hall–Kier alpha value is -1.92. The molecule has 0 aromatic heterocycles. The highest BCUT2D eigenvalue weighted by Crippen LogP contribution is 2.37. The van der Waals surface area contributed by atoms with Gasteiger partial charge >= 0.3 is 0 Å². The molecule has 6 atom stereocenters. The molecule has 0 spiro atoms. The Morgan fingerprint density at radius 1 is 0.806 bits per heavy atom. The largest absolute Gasteiger partial charge is 0.385 e. The Kier molecular flexibility index (Phi) is 6.55. The molecule has 0 unspecified atom stereocenters. The summed E-state index contributed by atoms with van der Waals surface area (Å²) in [6.45, 7) is 5.33. The summed E-state index contributed by atoms with van der Waals surface area (Å²) in [5.41, 5.74) is 3.82. The maximum absolute atomic E-state index is 6.00. The average Bonchev–Trinajstić information content (AvgIpc) is 3.63. The van der Waals surface area contributed by atoms with E-state index in [1.807, 2.05) is 6.07 Å². The monoisotopic (exact) mass is 421 g/mol. The van der Waals surface area contributed by atoms with Crippen LogP contribution in [-0.2, 0) is 9.47 Å². The molecule has 4 saturated heterocycles. The van der Waals surface area contributed by atoms with E-state index in [0.29, 0.717) is 30.4 Å². The van der Waals surface area contributed by atoms with Crippen LogP contribution < -0.4 is 16.0 Å². The van der Waals surface area contributed by atoms with E-state index < -0.39 is 0 Å². The molecule has 4 bridgehead atoms. The summed E-state index contributed by atoms with van der Waals surface area (Å²) in [5.74, 6) is 0. The fourth-order valence-corrected chi connectivity index (χ4v) is 5.20. The van der Waals surface area contributed by atoms with Gasteiger partial charge in [0.05, 0.1) is 24.4 Å². The lowest BCUT2D eigenvalue weighted by molar-refractivity contribution is 0.0159. The van der Waals surface area contributed by atoms with Gasteiger partial charge in [-0.2, -0.15) is 0 Å². The number of fused-ring (bicyclic) bond motifs is 4. The number of anilines is 1. The number of benzene rings is 2. The summed E-state index contributed by atoms with van der Waals surface area (Å²) < 4.78 is 11.9. The minimum atomic E-state index is 0.258. The molecule has 5 heteroatoms. The second-order valence-corrected chi connectivity index (χ2v) is 9.17. The lowest BCUT2D eigenvalue weighted by Gasteiger charge is -2.23. The van der Waals surface area contributed by atoms with E-state index in [9.17, 15) is 0 Å². The molecule has 4 aliphatic heterocycles. The van der Waals surface area contributed by atoms with Gasteiger partial charge < -0.3 is 25.4 Å². The molecule has 2 aromatic rings. The summed E-state index contributed by atoms with van der Waals surface area (Å²) in [6, 6.07) is 20.3. The third-order valence-electron chi connectivity index (χ3n) is 6.88. The molecule has 2 aromatic carbocycles. The van der Waals surface area contributed by atoms with Crippen molar-refractivity contribution in [3.05, 3.63) is 65.7 Å². The minimum absolute atomic E-state index is 0.258. The highest BCUT2D eigenvalue weighted by atomic mass is 16.5. The quantitative estimate of drug-likeness (QED) is 0.611. The van der Waals surface area contributed by atoms with Crippen molar-refractivity contribution in [3.8, 4) is 0 Å². The molecule has 4 fully saturated rings. The first-order chi connectivity index (χ1) is 15.3. The SMILES string of the molecule is CCCCNc1ccc([C@H]2O[C@@H]3CN[C@H]2C3)cc1.c1ccc([C@H]2O[C@@H]3CN[C@H]2C3)cc1. The van der Waals surface area contributed by atoms with E-state index in [0.717, 1.165) is 19.6 Å². The van der Waals surface area contributed by atoms with Crippen LogP contribution >= 0.6 is 0 Å². The van der Waals surface area contributed by atoms with Gasteiger partial charge in [-0.25, -0.2) is 0 Å². The van der Waals surface area contributed by atoms with Crippen LogP contribution in [0.25, 0.3) is 0 Å². The third-order valence-corrected chi connectivity index (χ3v) is 6.88. The topological polar surface area (TPSA) is 54.5 Å². The van der Waals surface area contributed by atoms with Gasteiger partial charge in [0, 0.05) is 37.4 Å². The zero-order valence-electron chi connectivity index (χ0n) is 18.4. The summed E-state index contributed by atoms with van der Waals surface area (Å²) in [6.07, 6.45) is 6.24. The minimum Gasteiger partial charge on any atom is -0.385 e. The van der Waals surface area contributed by atoms with E-state index in [1.54, 1.807) is 0 Å². The maximum Gasteiger partial charge on any atom is 0.0983 e. The highest BCUT2D eigenvalue weighted by Gasteiger charge is 2.41. The Bertz CT molecular complexity index is 828. The van der Waals surface area contributed by atoms with Crippen molar-refractivity contribution in [2.24, 2.45) is 0 Å². The normalized spacial score (nSPS) is 32.7. The van der Waals surface area contributed by atoms with Gasteiger partial charge in [-0.3, -0.25) is 0 Å². The number of unbranched alkanes of at least 4 members (excludes halogenated alkanes) is 1. The van der Waals surface area contributed by atoms with Crippen molar-refractivity contribution in [3.63, 3.8) is 0 Å². The molecule has 4 heterocycles. The fourth-order valence-electron chi connectivity index (χ4n) is 5.20. The Morgan fingerprint density at radius 3 is 1.87 bits per heavy atom. The Labute approximate surface area is 185 Å². The van der Waals surface area contributed by atoms with E-state index in [2.05, 4.69) is 71.4 Å². The molecule has 3 N–H and O–H groups in total. The fraction of sp³-hybridized carbons (Fsp3) is 0.538. The van der Waals surface area contributed by atoms with Crippen LogP contribution in [0.5, 0.6) is 0 Å². The van der Waals surface area contributed by atoms with E-state index >= 15 is 0 Å². The smallest absolute Gasteiger partial charge is 0.0983 e. The predicted molar refractivity (Wildman–Crippen MR) is 124 cm³/mol. The van der Waals surface area contributed by atoms with Crippen LogP contribution in [0.3, 0.4) is 0 Å². The standard InChI is InChI=1S/C15H22N2O.C11H13NO/c1-2-3-8-16-12-6-4-11(5-7-12)15-14-9-13(18-15)10-17-14;1-2-4-8(5-3-1)11-10-6-9(13-11)7-12-10/h4-7,13-17H,2-3,8-10H2,1H3;1-5,9-12H,6-7H2/t13-,14-,15+;9-,10-,11+/m00/s1. The number of morpholine rings is 2. The van der Waals surface area contributed by atoms with Crippen molar-refractivity contribution in [1.82, 2.24) is 10.6 Å². The van der Waals surface area contributed by atoms with E-state index in [4.69, 9.17) is 9.47 Å². The van der Waals surface area contributed by atoms with Crippen molar-refractivity contribution >= 4 is 5.69 Å². The van der Waals surface area contributed by atoms with E-state index in [-0.39, 0.29) is 6.10 Å². The Morgan fingerprint density at radius 2 is 1.39 bits per heavy atom. The lowest BCUT2D eigenvalue weighted by atomic mass is 10.0. The van der Waals surface area contributed by atoms with Gasteiger partial charge in [-0.1, -0.05) is 55.8 Å². The van der Waals surface area contributed by atoms with Crippen LogP contribution in [0.4, 0.5) is 5.69 Å². The first kappa shape index (κ1) is 21.0. The lowest BCUT2D eigenvalue weighted by Crippen LogP contribution is -2.33. The van der Waals surface area contributed by atoms with Gasteiger partial charge in [0.2, 0.25) is 0 Å². The van der Waals surface area contributed by atoms with Gasteiger partial charge in [-0.05, 0) is 42.5 Å². The number of hydrogen-bond acceptors (Lipinski definition) is 5. The second-order valence-electron chi connectivity index (χ2n) is 9.17. The van der Waals surface area contributed by atoms with Crippen LogP contribution in [0.15, 0.2) is 54.6 Å². The van der Waals surface area contributed by atoms with Crippen molar-refractivity contribution in [2.75, 3.05) is 25.0 Å². The number of nitrogens with one attached hydrogen (secondary N) is 3. The molecule has 166 valence electrons. The summed E-state index contributed by atoms with van der Waals surface area (Å²) in [5, 5.41) is 10.4. The highest BCUT2D eigenvalue weighted by molar-refractivity contribution is 5.45. The van der Waals surface area contributed by atoms with E-state index in [1.165, 1.54) is 42.5 Å². The summed E-state index contributed by atoms with van der Waals surface area (Å²) in [4.78, 5) is 0. The maximum atomic E-state index is 6.00.